The average Bonchev–Trinajstić information content (AvgIpc) is 3.17. The normalized spacial score (nSPS) is 16.5. The minimum atomic E-state index is -0.165. The van der Waals surface area contributed by atoms with E-state index in [9.17, 15) is 4.79 Å². The van der Waals surface area contributed by atoms with Crippen molar-refractivity contribution in [2.75, 3.05) is 32.1 Å². The molecule has 27 heavy (non-hydrogen) atoms. The van der Waals surface area contributed by atoms with Crippen molar-refractivity contribution in [2.45, 2.75) is 18.9 Å². The second-order valence-corrected chi connectivity index (χ2v) is 6.37. The summed E-state index contributed by atoms with van der Waals surface area (Å²) in [7, 11) is 1.61. The van der Waals surface area contributed by atoms with Gasteiger partial charge in [-0.25, -0.2) is 0 Å². The van der Waals surface area contributed by atoms with Gasteiger partial charge in [0.05, 0.1) is 18.7 Å². The predicted molar refractivity (Wildman–Crippen MR) is 103 cm³/mol. The fourth-order valence-corrected chi connectivity index (χ4v) is 3.25. The lowest BCUT2D eigenvalue weighted by Gasteiger charge is -2.23. The Kier molecular flexibility index (Phi) is 6.29. The summed E-state index contributed by atoms with van der Waals surface area (Å²) in [5.41, 5.74) is 1.28. The number of ether oxygens (including phenoxy) is 2. The average molecular weight is 365 g/mol. The van der Waals surface area contributed by atoms with Gasteiger partial charge in [0.25, 0.3) is 0 Å². The van der Waals surface area contributed by atoms with Crippen molar-refractivity contribution in [3.8, 4) is 17.6 Å². The highest BCUT2D eigenvalue weighted by Gasteiger charge is 2.30. The van der Waals surface area contributed by atoms with E-state index in [4.69, 9.17) is 14.7 Å². The fourth-order valence-electron chi connectivity index (χ4n) is 3.25. The Bertz CT molecular complexity index is 814. The molecule has 1 N–H and O–H groups in total. The molecule has 0 saturated carbocycles. The van der Waals surface area contributed by atoms with Gasteiger partial charge < -0.3 is 14.8 Å². The number of methoxy groups -OCH3 is 1. The van der Waals surface area contributed by atoms with Crippen LogP contribution in [0.3, 0.4) is 0 Å². The Hall–Kier alpha value is -3.04. The highest BCUT2D eigenvalue weighted by Crippen LogP contribution is 2.21. The van der Waals surface area contributed by atoms with E-state index in [1.54, 1.807) is 19.2 Å². The van der Waals surface area contributed by atoms with E-state index in [0.717, 1.165) is 30.8 Å². The van der Waals surface area contributed by atoms with Crippen LogP contribution < -0.4 is 14.8 Å². The largest absolute Gasteiger partial charge is 0.497 e. The molecular weight excluding hydrogens is 342 g/mol. The Morgan fingerprint density at radius 3 is 2.78 bits per heavy atom. The molecule has 1 aliphatic rings. The molecule has 0 aliphatic carbocycles. The monoisotopic (exact) mass is 365 g/mol. The zero-order valence-electron chi connectivity index (χ0n) is 15.4. The van der Waals surface area contributed by atoms with E-state index >= 15 is 0 Å². The summed E-state index contributed by atoms with van der Waals surface area (Å²) in [5.74, 6) is 1.33. The van der Waals surface area contributed by atoms with E-state index in [2.05, 4.69) is 16.3 Å². The van der Waals surface area contributed by atoms with E-state index in [0.29, 0.717) is 24.5 Å². The number of para-hydroxylation sites is 1. The van der Waals surface area contributed by atoms with Crippen LogP contribution in [-0.2, 0) is 4.79 Å². The highest BCUT2D eigenvalue weighted by molar-refractivity contribution is 5.95. The molecule has 0 spiro atoms. The summed E-state index contributed by atoms with van der Waals surface area (Å²) in [5, 5.41) is 12.1. The van der Waals surface area contributed by atoms with Crippen LogP contribution in [0.25, 0.3) is 0 Å². The van der Waals surface area contributed by atoms with Crippen molar-refractivity contribution in [3.63, 3.8) is 0 Å². The van der Waals surface area contributed by atoms with Crippen molar-refractivity contribution in [1.29, 1.82) is 5.26 Å². The van der Waals surface area contributed by atoms with Gasteiger partial charge in [-0.2, -0.15) is 5.26 Å². The second-order valence-electron chi connectivity index (χ2n) is 6.37. The molecule has 6 nitrogen and oxygen atoms in total. The SMILES string of the molecule is COc1ccc(NC(=O)C2CCCN2CCOc2ccccc2C#N)cc1. The molecule has 3 rings (SSSR count). The van der Waals surface area contributed by atoms with E-state index in [1.165, 1.54) is 0 Å². The van der Waals surface area contributed by atoms with E-state index < -0.39 is 0 Å². The summed E-state index contributed by atoms with van der Waals surface area (Å²) in [4.78, 5) is 14.8. The summed E-state index contributed by atoms with van der Waals surface area (Å²) in [6, 6.07) is 16.4. The zero-order valence-corrected chi connectivity index (χ0v) is 15.4. The van der Waals surface area contributed by atoms with Crippen LogP contribution in [-0.4, -0.2) is 43.7 Å². The van der Waals surface area contributed by atoms with Crippen LogP contribution in [0.2, 0.25) is 0 Å². The van der Waals surface area contributed by atoms with Crippen LogP contribution in [0, 0.1) is 11.3 Å². The molecule has 0 aromatic heterocycles. The quantitative estimate of drug-likeness (QED) is 0.816. The van der Waals surface area contributed by atoms with Gasteiger partial charge in [0.15, 0.2) is 0 Å². The third-order valence-electron chi connectivity index (χ3n) is 4.67. The molecule has 1 heterocycles. The van der Waals surface area contributed by atoms with Crippen LogP contribution in [0.4, 0.5) is 5.69 Å². The first-order valence-corrected chi connectivity index (χ1v) is 9.02. The van der Waals surface area contributed by atoms with Crippen molar-refractivity contribution >= 4 is 11.6 Å². The number of hydrogen-bond donors (Lipinski definition) is 1. The number of anilines is 1. The Morgan fingerprint density at radius 2 is 2.04 bits per heavy atom. The molecule has 1 fully saturated rings. The molecule has 2 aromatic carbocycles. The van der Waals surface area contributed by atoms with Gasteiger partial charge >= 0.3 is 0 Å². The molecule has 1 atom stereocenters. The Morgan fingerprint density at radius 1 is 1.26 bits per heavy atom. The highest BCUT2D eigenvalue weighted by atomic mass is 16.5. The van der Waals surface area contributed by atoms with E-state index in [-0.39, 0.29) is 11.9 Å². The smallest absolute Gasteiger partial charge is 0.241 e. The molecule has 2 aromatic rings. The van der Waals surface area contributed by atoms with Crippen molar-refractivity contribution in [1.82, 2.24) is 4.90 Å². The number of rotatable bonds is 7. The minimum absolute atomic E-state index is 0.00454. The molecule has 1 saturated heterocycles. The maximum atomic E-state index is 12.6. The van der Waals surface area contributed by atoms with E-state index in [1.807, 2.05) is 36.4 Å². The summed E-state index contributed by atoms with van der Waals surface area (Å²) >= 11 is 0. The van der Waals surface area contributed by atoms with Gasteiger partial charge in [-0.1, -0.05) is 12.1 Å². The number of benzene rings is 2. The van der Waals surface area contributed by atoms with Crippen molar-refractivity contribution in [3.05, 3.63) is 54.1 Å². The van der Waals surface area contributed by atoms with Crippen LogP contribution in [0.15, 0.2) is 48.5 Å². The lowest BCUT2D eigenvalue weighted by molar-refractivity contribution is -0.120. The van der Waals surface area contributed by atoms with Gasteiger partial charge in [0.2, 0.25) is 5.91 Å². The number of carbonyl (C=O) groups excluding carboxylic acids is 1. The lowest BCUT2D eigenvalue weighted by Crippen LogP contribution is -2.41. The first kappa shape index (κ1) is 18.7. The number of carbonyl (C=O) groups is 1. The van der Waals surface area contributed by atoms with Crippen molar-refractivity contribution in [2.24, 2.45) is 0 Å². The number of nitrogens with one attached hydrogen (secondary N) is 1. The number of nitriles is 1. The third-order valence-corrected chi connectivity index (χ3v) is 4.67. The van der Waals surface area contributed by atoms with Gasteiger partial charge in [0.1, 0.15) is 24.2 Å². The topological polar surface area (TPSA) is 74.6 Å². The molecule has 0 bridgehead atoms. The Labute approximate surface area is 159 Å². The molecule has 1 unspecified atom stereocenters. The summed E-state index contributed by atoms with van der Waals surface area (Å²) in [6.07, 6.45) is 1.81. The molecule has 1 amide bonds. The predicted octanol–water partition coefficient (Wildman–Crippen LogP) is 3.05. The number of amides is 1. The maximum absolute atomic E-state index is 12.6. The van der Waals surface area contributed by atoms with Crippen molar-refractivity contribution < 1.29 is 14.3 Å². The number of nitrogens with zero attached hydrogens (tertiary/aromatic N) is 2. The lowest BCUT2D eigenvalue weighted by atomic mass is 10.2. The second kappa shape index (κ2) is 9.06. The molecule has 1 aliphatic heterocycles. The van der Waals surface area contributed by atoms with Crippen LogP contribution >= 0.6 is 0 Å². The van der Waals surface area contributed by atoms with Gasteiger partial charge in [0, 0.05) is 12.2 Å². The molecule has 6 heteroatoms. The minimum Gasteiger partial charge on any atom is -0.497 e. The first-order chi connectivity index (χ1) is 13.2. The fraction of sp³-hybridized carbons (Fsp3) is 0.333. The Balaban J connectivity index is 1.53. The molecule has 140 valence electrons. The number of likely N-dealkylation sites (tertiary alicyclic amines) is 1. The molecule has 0 radical (unpaired) electrons. The van der Waals surface area contributed by atoms with Crippen LogP contribution in [0.5, 0.6) is 11.5 Å². The van der Waals surface area contributed by atoms with Crippen LogP contribution in [0.1, 0.15) is 18.4 Å². The van der Waals surface area contributed by atoms with Gasteiger partial charge in [-0.15, -0.1) is 0 Å². The maximum Gasteiger partial charge on any atom is 0.241 e. The molecular formula is C21H23N3O3. The summed E-state index contributed by atoms with van der Waals surface area (Å²) < 4.78 is 10.9. The third kappa shape index (κ3) is 4.78. The van der Waals surface area contributed by atoms with Gasteiger partial charge in [-0.3, -0.25) is 9.69 Å². The number of hydrogen-bond acceptors (Lipinski definition) is 5. The zero-order chi connectivity index (χ0) is 19.1. The van der Waals surface area contributed by atoms with Gasteiger partial charge in [-0.05, 0) is 55.8 Å². The standard InChI is InChI=1S/C21H23N3O3/c1-26-18-10-8-17(9-11-18)23-21(25)19-6-4-12-24(19)13-14-27-20-7-3-2-5-16(20)15-22/h2-3,5,7-11,19H,4,6,12-14H2,1H3,(H,23,25). The first-order valence-electron chi connectivity index (χ1n) is 9.02. The summed E-state index contributed by atoms with van der Waals surface area (Å²) in [6.45, 7) is 1.94.